The van der Waals surface area contributed by atoms with Crippen molar-refractivity contribution in [3.63, 3.8) is 0 Å². The lowest BCUT2D eigenvalue weighted by Crippen LogP contribution is -2.40. The van der Waals surface area contributed by atoms with E-state index in [2.05, 4.69) is 20.9 Å². The molecule has 4 rings (SSSR count). The van der Waals surface area contributed by atoms with Crippen LogP contribution in [0.25, 0.3) is 11.4 Å². The average Bonchev–Trinajstić information content (AvgIpc) is 2.80. The number of benzene rings is 1. The molecule has 0 radical (unpaired) electrons. The second kappa shape index (κ2) is 10.0. The number of aliphatic hydroxyl groups is 1. The van der Waals surface area contributed by atoms with Gasteiger partial charge in [0.15, 0.2) is 5.82 Å². The summed E-state index contributed by atoms with van der Waals surface area (Å²) >= 11 is 0. The Bertz CT molecular complexity index is 899. The normalized spacial score (nSPS) is 18.4. The minimum Gasteiger partial charge on any atom is -0.396 e. The van der Waals surface area contributed by atoms with Gasteiger partial charge in [0.25, 0.3) is 0 Å². The number of hydrogen-bond acceptors (Lipinski definition) is 7. The maximum absolute atomic E-state index is 11.8. The van der Waals surface area contributed by atoms with E-state index in [-0.39, 0.29) is 18.7 Å². The number of morpholine rings is 1. The average molecular weight is 427 g/mol. The molecule has 9 heteroatoms. The summed E-state index contributed by atoms with van der Waals surface area (Å²) in [7, 11) is 0. The highest BCUT2D eigenvalue weighted by Crippen LogP contribution is 2.33. The van der Waals surface area contributed by atoms with Crippen LogP contribution < -0.4 is 20.9 Å². The van der Waals surface area contributed by atoms with Crippen molar-refractivity contribution in [2.45, 2.75) is 25.8 Å². The van der Waals surface area contributed by atoms with E-state index in [0.717, 1.165) is 48.7 Å². The molecule has 2 aliphatic rings. The standard InChI is InChI=1S/C22H30N6O3/c1-2-23-22(30)25-16-5-3-15(4-6-16)20-26-19-17(7-9-24-18(19)8-12-29)21(27-20)28-10-13-31-14-11-28/h3-6,18,24,29H,2,7-14H2,1H3,(H2,23,25,30)/t18-/m0/s1. The van der Waals surface area contributed by atoms with E-state index < -0.39 is 0 Å². The number of nitrogens with one attached hydrogen (secondary N) is 3. The summed E-state index contributed by atoms with van der Waals surface area (Å²) in [6.45, 7) is 6.37. The second-order valence-electron chi connectivity index (χ2n) is 7.66. The van der Waals surface area contributed by atoms with E-state index in [1.807, 2.05) is 31.2 Å². The molecule has 1 aromatic carbocycles. The third-order valence-corrected chi connectivity index (χ3v) is 5.58. The number of amides is 2. The monoisotopic (exact) mass is 426 g/mol. The van der Waals surface area contributed by atoms with Gasteiger partial charge in [-0.25, -0.2) is 14.8 Å². The summed E-state index contributed by atoms with van der Waals surface area (Å²) in [5.74, 6) is 1.62. The number of carbonyl (C=O) groups excluding carboxylic acids is 1. The van der Waals surface area contributed by atoms with Gasteiger partial charge in [-0.05, 0) is 44.0 Å². The van der Waals surface area contributed by atoms with Crippen molar-refractivity contribution in [2.75, 3.05) is 56.2 Å². The molecule has 4 N–H and O–H groups in total. The zero-order valence-electron chi connectivity index (χ0n) is 17.9. The largest absolute Gasteiger partial charge is 0.396 e. The molecule has 2 aromatic rings. The van der Waals surface area contributed by atoms with Crippen molar-refractivity contribution in [2.24, 2.45) is 0 Å². The van der Waals surface area contributed by atoms with Crippen LogP contribution in [0.5, 0.6) is 0 Å². The van der Waals surface area contributed by atoms with Gasteiger partial charge in [-0.3, -0.25) is 0 Å². The molecular weight excluding hydrogens is 396 g/mol. The number of hydrogen-bond donors (Lipinski definition) is 4. The van der Waals surface area contributed by atoms with Crippen LogP contribution >= 0.6 is 0 Å². The van der Waals surface area contributed by atoms with Crippen LogP contribution in [0.2, 0.25) is 0 Å². The van der Waals surface area contributed by atoms with Crippen LogP contribution in [0.1, 0.15) is 30.6 Å². The molecule has 0 spiro atoms. The van der Waals surface area contributed by atoms with Crippen molar-refractivity contribution >= 4 is 17.5 Å². The molecule has 0 bridgehead atoms. The molecule has 9 nitrogen and oxygen atoms in total. The van der Waals surface area contributed by atoms with Crippen molar-refractivity contribution in [3.05, 3.63) is 35.5 Å². The van der Waals surface area contributed by atoms with Gasteiger partial charge < -0.3 is 30.7 Å². The highest BCUT2D eigenvalue weighted by atomic mass is 16.5. The fraction of sp³-hybridized carbons (Fsp3) is 0.500. The Morgan fingerprint density at radius 2 is 2.03 bits per heavy atom. The summed E-state index contributed by atoms with van der Waals surface area (Å²) < 4.78 is 5.53. The lowest BCUT2D eigenvalue weighted by atomic mass is 9.97. The number of aliphatic hydroxyl groups excluding tert-OH is 1. The van der Waals surface area contributed by atoms with Crippen LogP contribution in [0, 0.1) is 0 Å². The molecule has 2 aliphatic heterocycles. The summed E-state index contributed by atoms with van der Waals surface area (Å²) in [5, 5.41) is 18.5. The number of anilines is 2. The topological polar surface area (TPSA) is 112 Å². The second-order valence-corrected chi connectivity index (χ2v) is 7.66. The number of nitrogens with zero attached hydrogens (tertiary/aromatic N) is 3. The molecule has 0 aliphatic carbocycles. The van der Waals surface area contributed by atoms with Crippen LogP contribution in [-0.2, 0) is 11.2 Å². The molecule has 1 fully saturated rings. The molecule has 2 amide bonds. The Morgan fingerprint density at radius 1 is 1.26 bits per heavy atom. The first-order chi connectivity index (χ1) is 15.2. The molecule has 1 saturated heterocycles. The zero-order valence-corrected chi connectivity index (χ0v) is 17.9. The van der Waals surface area contributed by atoms with Gasteiger partial charge in [-0.2, -0.15) is 0 Å². The molecule has 1 atom stereocenters. The SMILES string of the molecule is CCNC(=O)Nc1ccc(-c2nc3c(c(N4CCOCC4)n2)CCN[C@H]3CCO)cc1. The van der Waals surface area contributed by atoms with Crippen LogP contribution in [0.3, 0.4) is 0 Å². The number of urea groups is 1. The van der Waals surface area contributed by atoms with Gasteiger partial charge in [-0.1, -0.05) is 0 Å². The Hall–Kier alpha value is -2.75. The van der Waals surface area contributed by atoms with E-state index in [1.165, 1.54) is 0 Å². The number of rotatable bonds is 6. The molecule has 1 aromatic heterocycles. The first kappa shape index (κ1) is 21.5. The minimum absolute atomic E-state index is 0.00831. The highest BCUT2D eigenvalue weighted by molar-refractivity contribution is 5.89. The van der Waals surface area contributed by atoms with Gasteiger partial charge in [0.2, 0.25) is 0 Å². The van der Waals surface area contributed by atoms with Gasteiger partial charge in [0.05, 0.1) is 24.9 Å². The molecule has 3 heterocycles. The number of aromatic nitrogens is 2. The van der Waals surface area contributed by atoms with Crippen LogP contribution in [0.4, 0.5) is 16.3 Å². The first-order valence-electron chi connectivity index (χ1n) is 10.9. The smallest absolute Gasteiger partial charge is 0.319 e. The lowest BCUT2D eigenvalue weighted by Gasteiger charge is -2.33. The van der Waals surface area contributed by atoms with Crippen molar-refractivity contribution < 1.29 is 14.6 Å². The third-order valence-electron chi connectivity index (χ3n) is 5.58. The van der Waals surface area contributed by atoms with E-state index in [9.17, 15) is 9.90 Å². The number of carbonyl (C=O) groups is 1. The van der Waals surface area contributed by atoms with Gasteiger partial charge >= 0.3 is 6.03 Å². The quantitative estimate of drug-likeness (QED) is 0.556. The zero-order chi connectivity index (χ0) is 21.6. The van der Waals surface area contributed by atoms with Gasteiger partial charge in [-0.15, -0.1) is 0 Å². The van der Waals surface area contributed by atoms with Gasteiger partial charge in [0, 0.05) is 49.6 Å². The Morgan fingerprint density at radius 3 is 2.74 bits per heavy atom. The summed E-state index contributed by atoms with van der Waals surface area (Å²) in [4.78, 5) is 23.9. The van der Waals surface area contributed by atoms with Gasteiger partial charge in [0.1, 0.15) is 5.82 Å². The molecule has 31 heavy (non-hydrogen) atoms. The highest BCUT2D eigenvalue weighted by Gasteiger charge is 2.28. The lowest BCUT2D eigenvalue weighted by molar-refractivity contribution is 0.122. The molecule has 0 unspecified atom stereocenters. The number of ether oxygens (including phenoxy) is 1. The van der Waals surface area contributed by atoms with E-state index in [0.29, 0.717) is 37.7 Å². The fourth-order valence-electron chi connectivity index (χ4n) is 4.06. The van der Waals surface area contributed by atoms with Crippen molar-refractivity contribution in [3.8, 4) is 11.4 Å². The molecule has 0 saturated carbocycles. The third kappa shape index (κ3) is 4.95. The van der Waals surface area contributed by atoms with E-state index in [1.54, 1.807) is 0 Å². The van der Waals surface area contributed by atoms with Crippen molar-refractivity contribution in [1.82, 2.24) is 20.6 Å². The maximum atomic E-state index is 11.8. The van der Waals surface area contributed by atoms with Crippen LogP contribution in [-0.4, -0.2) is 67.1 Å². The van der Waals surface area contributed by atoms with Crippen LogP contribution in [0.15, 0.2) is 24.3 Å². The predicted octanol–water partition coefficient (Wildman–Crippen LogP) is 1.69. The Kier molecular flexibility index (Phi) is 6.96. The maximum Gasteiger partial charge on any atom is 0.319 e. The van der Waals surface area contributed by atoms with Crippen molar-refractivity contribution in [1.29, 1.82) is 0 Å². The number of fused-ring (bicyclic) bond motifs is 1. The minimum atomic E-state index is -0.229. The fourth-order valence-corrected chi connectivity index (χ4v) is 4.06. The summed E-state index contributed by atoms with van der Waals surface area (Å²) in [6.07, 6.45) is 1.47. The molecular formula is C22H30N6O3. The summed E-state index contributed by atoms with van der Waals surface area (Å²) in [5.41, 5.74) is 3.72. The molecule has 166 valence electrons. The first-order valence-corrected chi connectivity index (χ1v) is 10.9. The van der Waals surface area contributed by atoms with E-state index in [4.69, 9.17) is 14.7 Å². The Balaban J connectivity index is 1.68. The predicted molar refractivity (Wildman–Crippen MR) is 119 cm³/mol. The Labute approximate surface area is 182 Å². The summed E-state index contributed by atoms with van der Waals surface area (Å²) in [6, 6.07) is 7.32. The van der Waals surface area contributed by atoms with E-state index >= 15 is 0 Å².